The van der Waals surface area contributed by atoms with Crippen molar-refractivity contribution >= 4 is 11.6 Å². The van der Waals surface area contributed by atoms with Crippen LogP contribution in [0.1, 0.15) is 12.8 Å². The van der Waals surface area contributed by atoms with E-state index in [9.17, 15) is 9.18 Å². The predicted molar refractivity (Wildman–Crippen MR) is 63.2 cm³/mol. The van der Waals surface area contributed by atoms with Crippen LogP contribution in [-0.2, 0) is 4.79 Å². The molecular weight excluding hydrogens is 221 g/mol. The zero-order valence-electron chi connectivity index (χ0n) is 9.82. The molecule has 1 N–H and O–H groups in total. The van der Waals surface area contributed by atoms with E-state index in [1.807, 2.05) is 4.90 Å². The molecule has 2 heterocycles. The highest BCUT2D eigenvalue weighted by Gasteiger charge is 2.25. The Hall–Kier alpha value is -1.65. The Labute approximate surface area is 99.8 Å². The molecule has 0 aromatic carbocycles. The van der Waals surface area contributed by atoms with Crippen molar-refractivity contribution in [2.24, 2.45) is 5.92 Å². The monoisotopic (exact) mass is 237 g/mol. The van der Waals surface area contributed by atoms with Crippen molar-refractivity contribution in [1.29, 1.82) is 0 Å². The lowest BCUT2D eigenvalue weighted by molar-refractivity contribution is -0.124. The summed E-state index contributed by atoms with van der Waals surface area (Å²) in [6.45, 7) is 1.50. The predicted octanol–water partition coefficient (Wildman–Crippen LogP) is 1.18. The topological polar surface area (TPSA) is 45.2 Å². The molecule has 1 aromatic rings. The molecule has 0 aliphatic carbocycles. The quantitative estimate of drug-likeness (QED) is 0.786. The number of rotatable bonds is 2. The zero-order valence-corrected chi connectivity index (χ0v) is 9.82. The molecule has 0 saturated carbocycles. The van der Waals surface area contributed by atoms with Crippen LogP contribution in [0.25, 0.3) is 0 Å². The second-order valence-corrected chi connectivity index (χ2v) is 4.24. The number of carbonyl (C=O) groups excluding carboxylic acids is 1. The lowest BCUT2D eigenvalue weighted by Gasteiger charge is -2.33. The number of carbonyl (C=O) groups is 1. The number of nitrogens with zero attached hydrogens (tertiary/aromatic N) is 2. The number of anilines is 1. The summed E-state index contributed by atoms with van der Waals surface area (Å²) in [6.07, 6.45) is 3.29. The van der Waals surface area contributed by atoms with Crippen LogP contribution in [0.4, 0.5) is 10.1 Å². The maximum absolute atomic E-state index is 13.0. The first-order valence-corrected chi connectivity index (χ1v) is 5.79. The molecule has 0 spiro atoms. The fourth-order valence-corrected chi connectivity index (χ4v) is 2.22. The maximum Gasteiger partial charge on any atom is 0.224 e. The van der Waals surface area contributed by atoms with Gasteiger partial charge in [0.25, 0.3) is 0 Å². The first-order valence-electron chi connectivity index (χ1n) is 5.79. The van der Waals surface area contributed by atoms with Crippen LogP contribution >= 0.6 is 0 Å². The standard InChI is InChI=1S/C12H16FN3O/c1-14-12(17)9-3-2-6-16(8-9)10-4-5-15-11(13)7-10/h4-5,7,9H,2-3,6,8H2,1H3,(H,14,17). The number of hydrogen-bond acceptors (Lipinski definition) is 3. The molecule has 1 fully saturated rings. The summed E-state index contributed by atoms with van der Waals surface area (Å²) in [4.78, 5) is 17.2. The third-order valence-electron chi connectivity index (χ3n) is 3.11. The summed E-state index contributed by atoms with van der Waals surface area (Å²) < 4.78 is 13.0. The lowest BCUT2D eigenvalue weighted by Crippen LogP contribution is -2.42. The molecule has 0 radical (unpaired) electrons. The van der Waals surface area contributed by atoms with Gasteiger partial charge < -0.3 is 10.2 Å². The second kappa shape index (κ2) is 5.12. The van der Waals surface area contributed by atoms with Gasteiger partial charge in [-0.05, 0) is 18.9 Å². The molecule has 2 rings (SSSR count). The fraction of sp³-hybridized carbons (Fsp3) is 0.500. The molecule has 17 heavy (non-hydrogen) atoms. The molecule has 92 valence electrons. The van der Waals surface area contributed by atoms with Gasteiger partial charge in [-0.3, -0.25) is 4.79 Å². The van der Waals surface area contributed by atoms with Crippen LogP contribution in [-0.4, -0.2) is 31.0 Å². The van der Waals surface area contributed by atoms with Gasteiger partial charge in [0.2, 0.25) is 11.9 Å². The van der Waals surface area contributed by atoms with E-state index in [1.54, 1.807) is 13.1 Å². The van der Waals surface area contributed by atoms with Gasteiger partial charge in [-0.1, -0.05) is 0 Å². The van der Waals surface area contributed by atoms with E-state index in [0.717, 1.165) is 25.1 Å². The van der Waals surface area contributed by atoms with Crippen LogP contribution in [0.5, 0.6) is 0 Å². The minimum atomic E-state index is -0.482. The van der Waals surface area contributed by atoms with Crippen molar-refractivity contribution in [1.82, 2.24) is 10.3 Å². The molecule has 1 aliphatic heterocycles. The van der Waals surface area contributed by atoms with Gasteiger partial charge >= 0.3 is 0 Å². The van der Waals surface area contributed by atoms with E-state index in [0.29, 0.717) is 6.54 Å². The Kier molecular flexibility index (Phi) is 3.56. The van der Waals surface area contributed by atoms with Crippen LogP contribution in [0.3, 0.4) is 0 Å². The van der Waals surface area contributed by atoms with Gasteiger partial charge in [0.1, 0.15) is 0 Å². The van der Waals surface area contributed by atoms with Gasteiger partial charge in [0.05, 0.1) is 5.92 Å². The second-order valence-electron chi connectivity index (χ2n) is 4.24. The molecular formula is C12H16FN3O. The average molecular weight is 237 g/mol. The van der Waals surface area contributed by atoms with Crippen molar-refractivity contribution < 1.29 is 9.18 Å². The summed E-state index contributed by atoms with van der Waals surface area (Å²) in [5.74, 6) is -0.432. The first kappa shape index (κ1) is 11.8. The van der Waals surface area contributed by atoms with Crippen molar-refractivity contribution in [2.75, 3.05) is 25.0 Å². The third kappa shape index (κ3) is 2.72. The molecule has 5 heteroatoms. The van der Waals surface area contributed by atoms with Crippen molar-refractivity contribution in [2.45, 2.75) is 12.8 Å². The smallest absolute Gasteiger partial charge is 0.224 e. The number of piperidine rings is 1. The van der Waals surface area contributed by atoms with Crippen molar-refractivity contribution in [3.05, 3.63) is 24.3 Å². The van der Waals surface area contributed by atoms with Gasteiger partial charge in [-0.2, -0.15) is 4.39 Å². The molecule has 0 bridgehead atoms. The number of amides is 1. The van der Waals surface area contributed by atoms with E-state index in [2.05, 4.69) is 10.3 Å². The Balaban J connectivity index is 2.09. The molecule has 1 atom stereocenters. The largest absolute Gasteiger partial charge is 0.371 e. The van der Waals surface area contributed by atoms with E-state index in [4.69, 9.17) is 0 Å². The number of aromatic nitrogens is 1. The van der Waals surface area contributed by atoms with Crippen molar-refractivity contribution in [3.8, 4) is 0 Å². The number of pyridine rings is 1. The Bertz CT molecular complexity index is 410. The molecule has 1 aliphatic rings. The summed E-state index contributed by atoms with van der Waals surface area (Å²) in [6, 6.07) is 3.18. The van der Waals surface area contributed by atoms with Gasteiger partial charge in [-0.25, -0.2) is 4.98 Å². The Morgan fingerprint density at radius 1 is 1.65 bits per heavy atom. The van der Waals surface area contributed by atoms with Crippen LogP contribution in [0.2, 0.25) is 0 Å². The van der Waals surface area contributed by atoms with Crippen LogP contribution < -0.4 is 10.2 Å². The molecule has 1 unspecified atom stereocenters. The summed E-state index contributed by atoms with van der Waals surface area (Å²) in [7, 11) is 1.65. The van der Waals surface area contributed by atoms with Crippen LogP contribution in [0.15, 0.2) is 18.3 Å². The normalized spacial score (nSPS) is 20.1. The highest BCUT2D eigenvalue weighted by Crippen LogP contribution is 2.23. The molecule has 1 amide bonds. The maximum atomic E-state index is 13.0. The van der Waals surface area contributed by atoms with Crippen LogP contribution in [0, 0.1) is 11.9 Å². The van der Waals surface area contributed by atoms with E-state index >= 15 is 0 Å². The Morgan fingerprint density at radius 3 is 3.18 bits per heavy atom. The molecule has 4 nitrogen and oxygen atoms in total. The number of halogens is 1. The number of hydrogen-bond donors (Lipinski definition) is 1. The highest BCUT2D eigenvalue weighted by atomic mass is 19.1. The summed E-state index contributed by atoms with van der Waals surface area (Å²) in [5.41, 5.74) is 0.797. The summed E-state index contributed by atoms with van der Waals surface area (Å²) >= 11 is 0. The van der Waals surface area contributed by atoms with Crippen molar-refractivity contribution in [3.63, 3.8) is 0 Å². The van der Waals surface area contributed by atoms with E-state index < -0.39 is 5.95 Å². The average Bonchev–Trinajstić information content (AvgIpc) is 2.38. The minimum Gasteiger partial charge on any atom is -0.371 e. The SMILES string of the molecule is CNC(=O)C1CCCN(c2ccnc(F)c2)C1. The number of nitrogens with one attached hydrogen (secondary N) is 1. The molecule has 1 aromatic heterocycles. The van der Waals surface area contributed by atoms with E-state index in [1.165, 1.54) is 12.3 Å². The fourth-order valence-electron chi connectivity index (χ4n) is 2.22. The lowest BCUT2D eigenvalue weighted by atomic mass is 9.97. The highest BCUT2D eigenvalue weighted by molar-refractivity contribution is 5.79. The minimum absolute atomic E-state index is 0.00928. The van der Waals surface area contributed by atoms with Gasteiger partial charge in [0.15, 0.2) is 0 Å². The zero-order chi connectivity index (χ0) is 12.3. The van der Waals surface area contributed by atoms with E-state index in [-0.39, 0.29) is 11.8 Å². The third-order valence-corrected chi connectivity index (χ3v) is 3.11. The summed E-state index contributed by atoms with van der Waals surface area (Å²) in [5, 5.41) is 2.67. The Morgan fingerprint density at radius 2 is 2.47 bits per heavy atom. The molecule has 1 saturated heterocycles. The van der Waals surface area contributed by atoms with Gasteiger partial charge in [-0.15, -0.1) is 0 Å². The first-order chi connectivity index (χ1) is 8.20. The van der Waals surface area contributed by atoms with Gasteiger partial charge in [0, 0.05) is 38.1 Å².